The maximum Gasteiger partial charge on any atom is 0.234 e. The van der Waals surface area contributed by atoms with Crippen LogP contribution in [-0.4, -0.2) is 24.9 Å². The van der Waals surface area contributed by atoms with Gasteiger partial charge in [-0.25, -0.2) is 0 Å². The van der Waals surface area contributed by atoms with Gasteiger partial charge >= 0.3 is 0 Å². The normalized spacial score (nSPS) is 11.2. The van der Waals surface area contributed by atoms with E-state index in [9.17, 15) is 5.11 Å². The Kier molecular flexibility index (Phi) is 2.71. The molecule has 0 amide bonds. The average Bonchev–Trinajstić information content (AvgIpc) is 2.88. The van der Waals surface area contributed by atoms with Crippen LogP contribution in [0.3, 0.4) is 0 Å². The summed E-state index contributed by atoms with van der Waals surface area (Å²) in [6, 6.07) is 7.23. The van der Waals surface area contributed by atoms with Crippen molar-refractivity contribution in [2.75, 3.05) is 0 Å². The number of aromatic nitrogens is 4. The van der Waals surface area contributed by atoms with E-state index in [4.69, 9.17) is 0 Å². The molecule has 2 aromatic heterocycles. The SMILES string of the molecule is CCc1nnc2sc(Cc3cccc(O)c3)nn12. The Hall–Kier alpha value is -1.95. The zero-order valence-corrected chi connectivity index (χ0v) is 10.7. The van der Waals surface area contributed by atoms with E-state index in [0.29, 0.717) is 6.42 Å². The number of rotatable bonds is 3. The van der Waals surface area contributed by atoms with Crippen molar-refractivity contribution in [3.63, 3.8) is 0 Å². The van der Waals surface area contributed by atoms with Gasteiger partial charge in [-0.3, -0.25) is 0 Å². The second-order valence-electron chi connectivity index (χ2n) is 4.01. The van der Waals surface area contributed by atoms with E-state index in [0.717, 1.165) is 27.8 Å². The molecule has 0 aliphatic rings. The molecule has 18 heavy (non-hydrogen) atoms. The first-order valence-corrected chi connectivity index (χ1v) is 6.56. The summed E-state index contributed by atoms with van der Waals surface area (Å²) in [5, 5.41) is 23.0. The molecule has 0 unspecified atom stereocenters. The summed E-state index contributed by atoms with van der Waals surface area (Å²) in [6.45, 7) is 2.03. The fraction of sp³-hybridized carbons (Fsp3) is 0.250. The molecule has 2 heterocycles. The van der Waals surface area contributed by atoms with Crippen molar-refractivity contribution in [2.24, 2.45) is 0 Å². The lowest BCUT2D eigenvalue weighted by Crippen LogP contribution is -1.95. The van der Waals surface area contributed by atoms with Crippen molar-refractivity contribution in [3.05, 3.63) is 40.7 Å². The highest BCUT2D eigenvalue weighted by Gasteiger charge is 2.10. The largest absolute Gasteiger partial charge is 0.508 e. The van der Waals surface area contributed by atoms with Crippen LogP contribution in [-0.2, 0) is 12.8 Å². The van der Waals surface area contributed by atoms with Crippen LogP contribution in [0.25, 0.3) is 4.96 Å². The average molecular weight is 260 g/mol. The molecule has 0 aliphatic heterocycles. The van der Waals surface area contributed by atoms with Gasteiger partial charge in [0, 0.05) is 12.8 Å². The molecule has 0 aliphatic carbocycles. The zero-order chi connectivity index (χ0) is 12.5. The Balaban J connectivity index is 1.93. The summed E-state index contributed by atoms with van der Waals surface area (Å²) in [6.07, 6.45) is 1.52. The summed E-state index contributed by atoms with van der Waals surface area (Å²) in [5.74, 6) is 1.16. The molecule has 0 radical (unpaired) electrons. The lowest BCUT2D eigenvalue weighted by atomic mass is 10.1. The number of hydrogen-bond donors (Lipinski definition) is 1. The molecule has 0 spiro atoms. The van der Waals surface area contributed by atoms with E-state index in [1.54, 1.807) is 16.6 Å². The van der Waals surface area contributed by atoms with Gasteiger partial charge in [0.25, 0.3) is 0 Å². The maximum atomic E-state index is 9.43. The third-order valence-electron chi connectivity index (χ3n) is 2.68. The van der Waals surface area contributed by atoms with Crippen molar-refractivity contribution in [2.45, 2.75) is 19.8 Å². The summed E-state index contributed by atoms with van der Waals surface area (Å²) >= 11 is 1.53. The summed E-state index contributed by atoms with van der Waals surface area (Å²) in [4.78, 5) is 0.821. The molecule has 5 nitrogen and oxygen atoms in total. The van der Waals surface area contributed by atoms with E-state index in [1.807, 2.05) is 19.1 Å². The van der Waals surface area contributed by atoms with Crippen molar-refractivity contribution >= 4 is 16.3 Å². The number of fused-ring (bicyclic) bond motifs is 1. The van der Waals surface area contributed by atoms with Crippen molar-refractivity contribution < 1.29 is 5.11 Å². The number of nitrogens with zero attached hydrogens (tertiary/aromatic N) is 4. The van der Waals surface area contributed by atoms with Crippen molar-refractivity contribution in [1.82, 2.24) is 19.8 Å². The van der Waals surface area contributed by atoms with Gasteiger partial charge < -0.3 is 5.11 Å². The maximum absolute atomic E-state index is 9.43. The lowest BCUT2D eigenvalue weighted by Gasteiger charge is -1.98. The van der Waals surface area contributed by atoms with Gasteiger partial charge in [0.2, 0.25) is 4.96 Å². The van der Waals surface area contributed by atoms with Crippen LogP contribution >= 0.6 is 11.3 Å². The first-order chi connectivity index (χ1) is 8.76. The molecule has 6 heteroatoms. The Morgan fingerprint density at radius 1 is 1.33 bits per heavy atom. The highest BCUT2D eigenvalue weighted by molar-refractivity contribution is 7.16. The molecule has 0 saturated heterocycles. The van der Waals surface area contributed by atoms with Crippen molar-refractivity contribution in [1.29, 1.82) is 0 Å². The quantitative estimate of drug-likeness (QED) is 0.782. The number of phenolic OH excluding ortho intramolecular Hbond substituents is 1. The van der Waals surface area contributed by atoms with Gasteiger partial charge in [-0.05, 0) is 17.7 Å². The predicted molar refractivity (Wildman–Crippen MR) is 68.9 cm³/mol. The van der Waals surface area contributed by atoms with Gasteiger partial charge in [-0.1, -0.05) is 30.4 Å². The molecule has 0 bridgehead atoms. The minimum Gasteiger partial charge on any atom is -0.508 e. The van der Waals surface area contributed by atoms with Gasteiger partial charge in [-0.2, -0.15) is 9.61 Å². The topological polar surface area (TPSA) is 63.3 Å². The van der Waals surface area contributed by atoms with Crippen LogP contribution in [0.2, 0.25) is 0 Å². The number of hydrogen-bond acceptors (Lipinski definition) is 5. The molecular formula is C12H12N4OS. The predicted octanol–water partition coefficient (Wildman–Crippen LogP) is 2.04. The Morgan fingerprint density at radius 2 is 2.22 bits per heavy atom. The van der Waals surface area contributed by atoms with E-state index >= 15 is 0 Å². The molecule has 92 valence electrons. The van der Waals surface area contributed by atoms with Gasteiger partial charge in [0.15, 0.2) is 5.82 Å². The molecular weight excluding hydrogens is 248 g/mol. The highest BCUT2D eigenvalue weighted by Crippen LogP contribution is 2.19. The first kappa shape index (κ1) is 11.2. The number of benzene rings is 1. The van der Waals surface area contributed by atoms with Crippen LogP contribution in [0, 0.1) is 0 Å². The molecule has 1 aromatic carbocycles. The molecule has 3 aromatic rings. The summed E-state index contributed by atoms with van der Waals surface area (Å²) in [5.41, 5.74) is 1.04. The number of aromatic hydroxyl groups is 1. The Morgan fingerprint density at radius 3 is 3.00 bits per heavy atom. The minimum absolute atomic E-state index is 0.282. The second kappa shape index (κ2) is 4.38. The summed E-state index contributed by atoms with van der Waals surface area (Å²) in [7, 11) is 0. The van der Waals surface area contributed by atoms with Crippen LogP contribution in [0.15, 0.2) is 24.3 Å². The zero-order valence-electron chi connectivity index (χ0n) is 9.87. The van der Waals surface area contributed by atoms with E-state index < -0.39 is 0 Å². The monoisotopic (exact) mass is 260 g/mol. The fourth-order valence-electron chi connectivity index (χ4n) is 1.83. The highest BCUT2D eigenvalue weighted by atomic mass is 32.1. The summed E-state index contributed by atoms with van der Waals surface area (Å²) < 4.78 is 1.79. The van der Waals surface area contributed by atoms with E-state index in [-0.39, 0.29) is 5.75 Å². The van der Waals surface area contributed by atoms with E-state index in [1.165, 1.54) is 11.3 Å². The third kappa shape index (κ3) is 1.95. The number of aryl methyl sites for hydroxylation is 1. The molecule has 0 saturated carbocycles. The first-order valence-electron chi connectivity index (χ1n) is 5.74. The minimum atomic E-state index is 0.282. The van der Waals surface area contributed by atoms with Gasteiger partial charge in [-0.15, -0.1) is 10.2 Å². The molecule has 0 fully saturated rings. The van der Waals surface area contributed by atoms with Crippen LogP contribution in [0.1, 0.15) is 23.3 Å². The second-order valence-corrected chi connectivity index (χ2v) is 5.05. The van der Waals surface area contributed by atoms with Crippen molar-refractivity contribution in [3.8, 4) is 5.75 Å². The molecule has 3 rings (SSSR count). The fourth-order valence-corrected chi connectivity index (χ4v) is 2.72. The van der Waals surface area contributed by atoms with Gasteiger partial charge in [0.05, 0.1) is 0 Å². The number of phenols is 1. The lowest BCUT2D eigenvalue weighted by molar-refractivity contribution is 0.474. The molecule has 0 atom stereocenters. The Labute approximate surface area is 108 Å². The van der Waals surface area contributed by atoms with Gasteiger partial charge in [0.1, 0.15) is 10.8 Å². The standard InChI is InChI=1S/C12H12N4OS/c1-2-10-13-14-12-16(10)15-11(18-12)7-8-4-3-5-9(17)6-8/h3-6,17H,2,7H2,1H3. The van der Waals surface area contributed by atoms with Crippen LogP contribution in [0.4, 0.5) is 0 Å². The molecule has 1 N–H and O–H groups in total. The van der Waals surface area contributed by atoms with Crippen LogP contribution < -0.4 is 0 Å². The smallest absolute Gasteiger partial charge is 0.234 e. The Bertz CT molecular complexity index is 688. The van der Waals surface area contributed by atoms with Crippen LogP contribution in [0.5, 0.6) is 5.75 Å². The third-order valence-corrected chi connectivity index (χ3v) is 3.58. The van der Waals surface area contributed by atoms with E-state index in [2.05, 4.69) is 15.3 Å².